The normalized spacial score (nSPS) is 26.1. The molecule has 0 bridgehead atoms. The number of carbonyl (C=O) groups excluding carboxylic acids is 1. The van der Waals surface area contributed by atoms with Gasteiger partial charge in [0.1, 0.15) is 0 Å². The summed E-state index contributed by atoms with van der Waals surface area (Å²) < 4.78 is 12.2. The highest BCUT2D eigenvalue weighted by Gasteiger charge is 2.51. The molecule has 1 spiro atoms. The Morgan fingerprint density at radius 1 is 0.920 bits per heavy atom. The van der Waals surface area contributed by atoms with Crippen LogP contribution in [0.3, 0.4) is 0 Å². The maximum atomic E-state index is 12.7. The summed E-state index contributed by atoms with van der Waals surface area (Å²) in [7, 11) is -0.376. The fourth-order valence-electron chi connectivity index (χ4n) is 3.81. The van der Waals surface area contributed by atoms with Crippen molar-refractivity contribution in [1.29, 1.82) is 0 Å². The van der Waals surface area contributed by atoms with E-state index in [1.165, 1.54) is 25.7 Å². The van der Waals surface area contributed by atoms with Gasteiger partial charge in [-0.1, -0.05) is 12.1 Å². The molecule has 2 aliphatic heterocycles. The smallest absolute Gasteiger partial charge is 0.399 e. The molecule has 25 heavy (non-hydrogen) atoms. The van der Waals surface area contributed by atoms with Crippen molar-refractivity contribution < 1.29 is 14.1 Å². The summed E-state index contributed by atoms with van der Waals surface area (Å²) in [5.74, 6) is 0.149. The Morgan fingerprint density at radius 3 is 1.92 bits per heavy atom. The van der Waals surface area contributed by atoms with Crippen molar-refractivity contribution in [3.05, 3.63) is 29.8 Å². The van der Waals surface area contributed by atoms with Gasteiger partial charge in [0.25, 0.3) is 5.91 Å². The molecule has 4 nitrogen and oxygen atoms in total. The van der Waals surface area contributed by atoms with Crippen LogP contribution in [0.25, 0.3) is 0 Å². The Morgan fingerprint density at radius 2 is 1.44 bits per heavy atom. The predicted octanol–water partition coefficient (Wildman–Crippen LogP) is 3.00. The number of hydrogen-bond donors (Lipinski definition) is 0. The first-order valence-corrected chi connectivity index (χ1v) is 9.46. The van der Waals surface area contributed by atoms with Gasteiger partial charge in [-0.25, -0.2) is 0 Å². The molecule has 0 radical (unpaired) electrons. The minimum absolute atomic E-state index is 0.149. The monoisotopic (exact) mass is 341 g/mol. The summed E-state index contributed by atoms with van der Waals surface area (Å²) in [5, 5.41) is 0. The van der Waals surface area contributed by atoms with Crippen LogP contribution in [0, 0.1) is 5.41 Å². The molecule has 1 aliphatic carbocycles. The van der Waals surface area contributed by atoms with Gasteiger partial charge >= 0.3 is 7.12 Å². The molecule has 0 atom stereocenters. The Bertz CT molecular complexity index is 653. The fraction of sp³-hybridized carbons (Fsp3) is 0.650. The molecular formula is C20H28BNO3. The second-order valence-electron chi connectivity index (χ2n) is 9.00. The average Bonchev–Trinajstić information content (AvgIpc) is 3.28. The molecule has 134 valence electrons. The first-order valence-electron chi connectivity index (χ1n) is 9.46. The quantitative estimate of drug-likeness (QED) is 0.777. The van der Waals surface area contributed by atoms with Crippen LogP contribution in [-0.2, 0) is 9.31 Å². The average molecular weight is 341 g/mol. The molecule has 1 amide bonds. The van der Waals surface area contributed by atoms with E-state index >= 15 is 0 Å². The van der Waals surface area contributed by atoms with E-state index in [0.29, 0.717) is 5.41 Å². The molecular weight excluding hydrogens is 313 g/mol. The van der Waals surface area contributed by atoms with Crippen molar-refractivity contribution >= 4 is 18.5 Å². The van der Waals surface area contributed by atoms with E-state index < -0.39 is 0 Å². The number of piperidine rings is 1. The van der Waals surface area contributed by atoms with Crippen molar-refractivity contribution in [2.24, 2.45) is 5.41 Å². The van der Waals surface area contributed by atoms with Gasteiger partial charge in [0.15, 0.2) is 0 Å². The van der Waals surface area contributed by atoms with Crippen LogP contribution in [-0.4, -0.2) is 42.2 Å². The second kappa shape index (κ2) is 5.58. The largest absolute Gasteiger partial charge is 0.494 e. The highest BCUT2D eigenvalue weighted by Crippen LogP contribution is 2.53. The van der Waals surface area contributed by atoms with Gasteiger partial charge < -0.3 is 14.2 Å². The van der Waals surface area contributed by atoms with Crippen LogP contribution in [0.15, 0.2) is 24.3 Å². The molecule has 1 aromatic carbocycles. The molecule has 3 fully saturated rings. The maximum Gasteiger partial charge on any atom is 0.494 e. The summed E-state index contributed by atoms with van der Waals surface area (Å²) in [6.45, 7) is 10.00. The lowest BCUT2D eigenvalue weighted by molar-refractivity contribution is 0.00578. The molecule has 1 aromatic rings. The predicted molar refractivity (Wildman–Crippen MR) is 99.0 cm³/mol. The van der Waals surface area contributed by atoms with Gasteiger partial charge in [0, 0.05) is 18.7 Å². The zero-order valence-electron chi connectivity index (χ0n) is 15.8. The van der Waals surface area contributed by atoms with E-state index in [9.17, 15) is 4.79 Å². The van der Waals surface area contributed by atoms with Crippen LogP contribution in [0.4, 0.5) is 0 Å². The molecule has 0 N–H and O–H groups in total. The number of benzene rings is 1. The summed E-state index contributed by atoms with van der Waals surface area (Å²) in [5.41, 5.74) is 1.62. The first kappa shape index (κ1) is 17.1. The zero-order valence-corrected chi connectivity index (χ0v) is 15.8. The number of nitrogens with zero attached hydrogens (tertiary/aromatic N) is 1. The summed E-state index contributed by atoms with van der Waals surface area (Å²) in [6.07, 6.45) is 5.06. The lowest BCUT2D eigenvalue weighted by atomic mass is 9.79. The summed E-state index contributed by atoms with van der Waals surface area (Å²) in [4.78, 5) is 14.7. The zero-order chi connectivity index (χ0) is 17.9. The van der Waals surface area contributed by atoms with Crippen LogP contribution in [0.1, 0.15) is 63.7 Å². The van der Waals surface area contributed by atoms with Crippen molar-refractivity contribution in [2.45, 2.75) is 64.6 Å². The van der Waals surface area contributed by atoms with E-state index in [0.717, 1.165) is 24.1 Å². The van der Waals surface area contributed by atoms with Crippen LogP contribution >= 0.6 is 0 Å². The third kappa shape index (κ3) is 3.02. The van der Waals surface area contributed by atoms with Crippen molar-refractivity contribution in [1.82, 2.24) is 4.90 Å². The summed E-state index contributed by atoms with van der Waals surface area (Å²) in [6, 6.07) is 7.73. The highest BCUT2D eigenvalue weighted by atomic mass is 16.7. The number of likely N-dealkylation sites (tertiary alicyclic amines) is 1. The Hall–Kier alpha value is -1.33. The minimum Gasteiger partial charge on any atom is -0.399 e. The number of rotatable bonds is 2. The van der Waals surface area contributed by atoms with E-state index in [2.05, 4.69) is 0 Å². The number of amides is 1. The van der Waals surface area contributed by atoms with Crippen LogP contribution < -0.4 is 5.46 Å². The molecule has 4 rings (SSSR count). The third-order valence-corrected chi connectivity index (χ3v) is 6.75. The molecule has 5 heteroatoms. The number of carbonyl (C=O) groups is 1. The van der Waals surface area contributed by atoms with E-state index in [-0.39, 0.29) is 24.2 Å². The SMILES string of the molecule is CC1(C)OB(c2ccc(C(=O)N3CCC4(CC3)CC4)cc2)OC1(C)C. The molecule has 3 aliphatic rings. The van der Waals surface area contributed by atoms with E-state index in [4.69, 9.17) is 9.31 Å². The molecule has 0 aromatic heterocycles. The van der Waals surface area contributed by atoms with Gasteiger partial charge in [0.05, 0.1) is 11.2 Å². The maximum absolute atomic E-state index is 12.7. The lowest BCUT2D eigenvalue weighted by Gasteiger charge is -2.32. The van der Waals surface area contributed by atoms with Crippen molar-refractivity contribution in [3.63, 3.8) is 0 Å². The Labute approximate surface area is 151 Å². The molecule has 0 unspecified atom stereocenters. The highest BCUT2D eigenvalue weighted by molar-refractivity contribution is 6.62. The third-order valence-electron chi connectivity index (χ3n) is 6.75. The van der Waals surface area contributed by atoms with Gasteiger partial charge in [-0.05, 0) is 76.4 Å². The Balaban J connectivity index is 1.43. The summed E-state index contributed by atoms with van der Waals surface area (Å²) >= 11 is 0. The van der Waals surface area contributed by atoms with Gasteiger partial charge in [0.2, 0.25) is 0 Å². The topological polar surface area (TPSA) is 38.8 Å². The molecule has 2 saturated heterocycles. The molecule has 1 saturated carbocycles. The fourth-order valence-corrected chi connectivity index (χ4v) is 3.81. The standard InChI is InChI=1S/C20H28BNO3/c1-18(2)19(3,4)25-21(24-18)16-7-5-15(6-8-16)17(23)22-13-11-20(9-10-20)12-14-22/h5-8H,9-14H2,1-4H3. The minimum atomic E-state index is -0.376. The number of hydrogen-bond acceptors (Lipinski definition) is 3. The van der Waals surface area contributed by atoms with E-state index in [1.54, 1.807) is 0 Å². The Kier molecular flexibility index (Phi) is 3.82. The van der Waals surface area contributed by atoms with Gasteiger partial charge in [-0.3, -0.25) is 4.79 Å². The van der Waals surface area contributed by atoms with Gasteiger partial charge in [-0.15, -0.1) is 0 Å². The second-order valence-corrected chi connectivity index (χ2v) is 9.00. The van der Waals surface area contributed by atoms with Crippen molar-refractivity contribution in [3.8, 4) is 0 Å². The van der Waals surface area contributed by atoms with Crippen LogP contribution in [0.5, 0.6) is 0 Å². The van der Waals surface area contributed by atoms with Gasteiger partial charge in [-0.2, -0.15) is 0 Å². The van der Waals surface area contributed by atoms with Crippen LogP contribution in [0.2, 0.25) is 0 Å². The lowest BCUT2D eigenvalue weighted by Crippen LogP contribution is -2.41. The first-order chi connectivity index (χ1) is 11.7. The van der Waals surface area contributed by atoms with E-state index in [1.807, 2.05) is 56.9 Å². The molecule has 2 heterocycles. The van der Waals surface area contributed by atoms with Crippen molar-refractivity contribution in [2.75, 3.05) is 13.1 Å².